The molecule has 2 aromatic carbocycles. The van der Waals surface area contributed by atoms with Crippen LogP contribution in [0.4, 0.5) is 0 Å². The van der Waals surface area contributed by atoms with Gasteiger partial charge in [-0.15, -0.1) is 11.3 Å². The first-order chi connectivity index (χ1) is 14.2. The highest BCUT2D eigenvalue weighted by Gasteiger charge is 2.13. The van der Waals surface area contributed by atoms with Gasteiger partial charge in [0.05, 0.1) is 29.0 Å². The van der Waals surface area contributed by atoms with Crippen molar-refractivity contribution in [3.8, 4) is 0 Å². The summed E-state index contributed by atoms with van der Waals surface area (Å²) in [4.78, 5) is 18.1. The molecule has 29 heavy (non-hydrogen) atoms. The molecule has 2 heterocycles. The van der Waals surface area contributed by atoms with Crippen LogP contribution >= 0.6 is 23.1 Å². The number of benzene rings is 2. The fourth-order valence-corrected chi connectivity index (χ4v) is 4.41. The lowest BCUT2D eigenvalue weighted by molar-refractivity contribution is -0.118. The van der Waals surface area contributed by atoms with Crippen LogP contribution in [0.1, 0.15) is 17.4 Å². The van der Waals surface area contributed by atoms with Crippen LogP contribution in [-0.4, -0.2) is 26.9 Å². The van der Waals surface area contributed by atoms with Crippen molar-refractivity contribution in [2.45, 2.75) is 18.6 Å². The van der Waals surface area contributed by atoms with Gasteiger partial charge in [0.15, 0.2) is 5.16 Å². The largest absolute Gasteiger partial charge is 0.314 e. The maximum Gasteiger partial charge on any atom is 0.250 e. The SMILES string of the molecule is C/C(=N\NC(=O)CSc1nc2ccccc2n1Cc1ccccc1)c1cccs1. The molecule has 0 bridgehead atoms. The molecule has 0 aliphatic rings. The Bertz CT molecular complexity index is 1130. The second-order valence-corrected chi connectivity index (χ2v) is 8.34. The van der Waals surface area contributed by atoms with E-state index in [-0.39, 0.29) is 11.7 Å². The van der Waals surface area contributed by atoms with E-state index in [1.807, 2.05) is 60.8 Å². The van der Waals surface area contributed by atoms with Crippen LogP contribution in [0.25, 0.3) is 11.0 Å². The van der Waals surface area contributed by atoms with Gasteiger partial charge in [0.2, 0.25) is 0 Å². The molecule has 0 saturated carbocycles. The third-order valence-corrected chi connectivity index (χ3v) is 6.32. The summed E-state index contributed by atoms with van der Waals surface area (Å²) in [6.45, 7) is 2.60. The minimum atomic E-state index is -0.149. The smallest absolute Gasteiger partial charge is 0.250 e. The van der Waals surface area contributed by atoms with E-state index < -0.39 is 0 Å². The topological polar surface area (TPSA) is 59.3 Å². The number of hydrogen-bond donors (Lipinski definition) is 1. The molecule has 4 aromatic rings. The van der Waals surface area contributed by atoms with Gasteiger partial charge in [-0.25, -0.2) is 10.4 Å². The molecule has 0 unspecified atom stereocenters. The monoisotopic (exact) mass is 420 g/mol. The molecule has 5 nitrogen and oxygen atoms in total. The molecule has 0 atom stereocenters. The highest BCUT2D eigenvalue weighted by atomic mass is 32.2. The second kappa shape index (κ2) is 9.07. The Morgan fingerprint density at radius 2 is 1.90 bits per heavy atom. The van der Waals surface area contributed by atoms with Crippen LogP contribution in [-0.2, 0) is 11.3 Å². The molecule has 0 radical (unpaired) electrons. The van der Waals surface area contributed by atoms with Crippen LogP contribution in [0.15, 0.2) is 82.4 Å². The van der Waals surface area contributed by atoms with Crippen molar-refractivity contribution in [3.05, 3.63) is 82.6 Å². The minimum absolute atomic E-state index is 0.149. The molecule has 7 heteroatoms. The van der Waals surface area contributed by atoms with Gasteiger partial charge in [0, 0.05) is 4.88 Å². The number of hydrazone groups is 1. The number of hydrogen-bond acceptors (Lipinski definition) is 5. The van der Waals surface area contributed by atoms with Crippen LogP contribution < -0.4 is 5.43 Å². The maximum atomic E-state index is 12.3. The zero-order valence-electron chi connectivity index (χ0n) is 15.9. The number of aromatic nitrogens is 2. The van der Waals surface area contributed by atoms with Crippen LogP contribution in [0.5, 0.6) is 0 Å². The summed E-state index contributed by atoms with van der Waals surface area (Å²) < 4.78 is 2.16. The number of fused-ring (bicyclic) bond motifs is 1. The van der Waals surface area contributed by atoms with Gasteiger partial charge in [0.1, 0.15) is 0 Å². The average Bonchev–Trinajstić information content (AvgIpc) is 3.40. The van der Waals surface area contributed by atoms with Crippen molar-refractivity contribution < 1.29 is 4.79 Å². The van der Waals surface area contributed by atoms with Crippen molar-refractivity contribution in [3.63, 3.8) is 0 Å². The van der Waals surface area contributed by atoms with Crippen molar-refractivity contribution in [2.24, 2.45) is 5.10 Å². The lowest BCUT2D eigenvalue weighted by Gasteiger charge is -2.09. The van der Waals surface area contributed by atoms with Gasteiger partial charge < -0.3 is 4.57 Å². The van der Waals surface area contributed by atoms with E-state index in [0.717, 1.165) is 26.8 Å². The number of thiophene rings is 1. The Morgan fingerprint density at radius 3 is 2.69 bits per heavy atom. The third kappa shape index (κ3) is 4.75. The summed E-state index contributed by atoms with van der Waals surface area (Å²) in [6.07, 6.45) is 0. The first-order valence-electron chi connectivity index (χ1n) is 9.20. The minimum Gasteiger partial charge on any atom is -0.314 e. The normalized spacial score (nSPS) is 11.7. The van der Waals surface area contributed by atoms with Gasteiger partial charge >= 0.3 is 0 Å². The summed E-state index contributed by atoms with van der Waals surface area (Å²) in [5, 5.41) is 7.01. The van der Waals surface area contributed by atoms with E-state index in [4.69, 9.17) is 4.98 Å². The van der Waals surface area contributed by atoms with Crippen molar-refractivity contribution >= 4 is 45.8 Å². The molecule has 0 saturated heterocycles. The van der Waals surface area contributed by atoms with Gasteiger partial charge in [-0.05, 0) is 36.1 Å². The maximum absolute atomic E-state index is 12.3. The quantitative estimate of drug-likeness (QED) is 0.266. The number of carbonyl (C=O) groups excluding carboxylic acids is 1. The molecular weight excluding hydrogens is 400 g/mol. The summed E-state index contributed by atoms with van der Waals surface area (Å²) in [6, 6.07) is 22.2. The summed E-state index contributed by atoms with van der Waals surface area (Å²) >= 11 is 3.02. The number of imidazole rings is 1. The Hall–Kier alpha value is -2.90. The summed E-state index contributed by atoms with van der Waals surface area (Å²) in [7, 11) is 0. The molecular formula is C22H20N4OS2. The van der Waals surface area contributed by atoms with Crippen molar-refractivity contribution in [1.29, 1.82) is 0 Å². The molecule has 1 amide bonds. The van der Waals surface area contributed by atoms with E-state index >= 15 is 0 Å². The molecule has 0 aliphatic carbocycles. The Labute approximate surface area is 177 Å². The third-order valence-electron chi connectivity index (χ3n) is 4.36. The van der Waals surface area contributed by atoms with E-state index in [0.29, 0.717) is 6.54 Å². The highest BCUT2D eigenvalue weighted by molar-refractivity contribution is 7.99. The first-order valence-corrected chi connectivity index (χ1v) is 11.1. The number of para-hydroxylation sites is 2. The zero-order valence-corrected chi connectivity index (χ0v) is 17.5. The van der Waals surface area contributed by atoms with E-state index in [9.17, 15) is 4.79 Å². The average molecular weight is 421 g/mol. The molecule has 1 N–H and O–H groups in total. The Morgan fingerprint density at radius 1 is 1.10 bits per heavy atom. The van der Waals surface area contributed by atoms with Crippen LogP contribution in [0.2, 0.25) is 0 Å². The molecule has 0 fully saturated rings. The predicted octanol–water partition coefficient (Wildman–Crippen LogP) is 4.78. The molecule has 2 aromatic heterocycles. The second-order valence-electron chi connectivity index (χ2n) is 6.45. The lowest BCUT2D eigenvalue weighted by Crippen LogP contribution is -2.21. The van der Waals surface area contributed by atoms with Gasteiger partial charge in [-0.3, -0.25) is 4.79 Å². The number of nitrogens with zero attached hydrogens (tertiary/aromatic N) is 3. The fourth-order valence-electron chi connectivity index (χ4n) is 2.93. The molecule has 0 spiro atoms. The number of carbonyl (C=O) groups is 1. The van der Waals surface area contributed by atoms with Crippen LogP contribution in [0.3, 0.4) is 0 Å². The Balaban J connectivity index is 1.48. The lowest BCUT2D eigenvalue weighted by atomic mass is 10.2. The van der Waals surface area contributed by atoms with Gasteiger partial charge in [-0.2, -0.15) is 5.10 Å². The zero-order chi connectivity index (χ0) is 20.1. The van der Waals surface area contributed by atoms with E-state index in [2.05, 4.69) is 33.3 Å². The van der Waals surface area contributed by atoms with E-state index in [1.54, 1.807) is 11.3 Å². The van der Waals surface area contributed by atoms with Gasteiger partial charge in [-0.1, -0.05) is 60.3 Å². The summed E-state index contributed by atoms with van der Waals surface area (Å²) in [5.41, 5.74) is 6.62. The molecule has 0 aliphatic heterocycles. The molecule has 146 valence electrons. The summed E-state index contributed by atoms with van der Waals surface area (Å²) in [5.74, 6) is 0.100. The van der Waals surface area contributed by atoms with Crippen molar-refractivity contribution in [2.75, 3.05) is 5.75 Å². The van der Waals surface area contributed by atoms with E-state index in [1.165, 1.54) is 17.3 Å². The number of amides is 1. The van der Waals surface area contributed by atoms with Gasteiger partial charge in [0.25, 0.3) is 5.91 Å². The Kier molecular flexibility index (Phi) is 6.07. The fraction of sp³-hybridized carbons (Fsp3) is 0.136. The predicted molar refractivity (Wildman–Crippen MR) is 121 cm³/mol. The highest BCUT2D eigenvalue weighted by Crippen LogP contribution is 2.25. The molecule has 4 rings (SSSR count). The number of nitrogens with one attached hydrogen (secondary N) is 1. The van der Waals surface area contributed by atoms with Crippen molar-refractivity contribution in [1.82, 2.24) is 15.0 Å². The standard InChI is InChI=1S/C22H20N4OS2/c1-16(20-12-7-13-28-20)24-25-21(27)15-29-22-23-18-10-5-6-11-19(18)26(22)14-17-8-3-2-4-9-17/h2-13H,14-15H2,1H3,(H,25,27)/b24-16+. The van der Waals surface area contributed by atoms with Crippen LogP contribution in [0, 0.1) is 0 Å². The number of rotatable bonds is 7. The number of thioether (sulfide) groups is 1. The first kappa shape index (κ1) is 19.4.